The van der Waals surface area contributed by atoms with Crippen molar-refractivity contribution in [3.05, 3.63) is 46.8 Å². The number of rotatable bonds is 3. The molecule has 0 spiro atoms. The Morgan fingerprint density at radius 3 is 1.32 bits per heavy atom. The van der Waals surface area contributed by atoms with Crippen LogP contribution in [0.3, 0.4) is 0 Å². The summed E-state index contributed by atoms with van der Waals surface area (Å²) >= 11 is 0. The third-order valence-corrected chi connectivity index (χ3v) is 10.5. The van der Waals surface area contributed by atoms with Gasteiger partial charge in [-0.25, -0.2) is 0 Å². The van der Waals surface area contributed by atoms with Gasteiger partial charge < -0.3 is 10.2 Å². The summed E-state index contributed by atoms with van der Waals surface area (Å²) in [6, 6.07) is 8.73. The summed E-state index contributed by atoms with van der Waals surface area (Å²) < 4.78 is 0. The Kier molecular flexibility index (Phi) is 4.34. The molecule has 2 saturated carbocycles. The molecule has 6 atom stereocenters. The van der Waals surface area contributed by atoms with Gasteiger partial charge in [0, 0.05) is 11.8 Å². The molecule has 34 heavy (non-hydrogen) atoms. The van der Waals surface area contributed by atoms with Crippen LogP contribution in [0.5, 0.6) is 0 Å². The molecule has 6 aliphatic rings. The Morgan fingerprint density at radius 1 is 0.676 bits per heavy atom. The molecule has 8 rings (SSSR count). The summed E-state index contributed by atoms with van der Waals surface area (Å²) in [4.78, 5) is 10.4. The van der Waals surface area contributed by atoms with Crippen molar-refractivity contribution in [1.29, 1.82) is 0 Å². The van der Waals surface area contributed by atoms with E-state index in [0.29, 0.717) is 23.7 Å². The van der Waals surface area contributed by atoms with E-state index in [1.54, 1.807) is 0 Å². The van der Waals surface area contributed by atoms with Crippen molar-refractivity contribution in [2.24, 2.45) is 22.7 Å². The van der Waals surface area contributed by atoms with Crippen molar-refractivity contribution in [3.8, 4) is 11.4 Å². The van der Waals surface area contributed by atoms with Crippen LogP contribution in [0.25, 0.3) is 11.4 Å². The Hall–Kier alpha value is -1.78. The Balaban J connectivity index is 1.46. The van der Waals surface area contributed by atoms with Gasteiger partial charge in [-0.2, -0.15) is 0 Å². The molecule has 4 bridgehead atoms. The van der Waals surface area contributed by atoms with E-state index in [1.165, 1.54) is 11.1 Å². The van der Waals surface area contributed by atoms with Crippen molar-refractivity contribution in [3.63, 3.8) is 0 Å². The topological polar surface area (TPSA) is 66.2 Å². The number of aromatic nitrogens is 2. The molecule has 2 N–H and O–H groups in total. The minimum atomic E-state index is -0.824. The molecule has 0 saturated heterocycles. The van der Waals surface area contributed by atoms with E-state index in [0.717, 1.165) is 35.6 Å². The summed E-state index contributed by atoms with van der Waals surface area (Å²) in [6.45, 7) is 17.1. The van der Waals surface area contributed by atoms with Gasteiger partial charge in [0.15, 0.2) is 0 Å². The first kappa shape index (κ1) is 22.7. The predicted molar refractivity (Wildman–Crippen MR) is 135 cm³/mol. The molecule has 0 aromatic carbocycles. The normalized spacial score (nSPS) is 34.4. The zero-order valence-electron chi connectivity index (χ0n) is 22.0. The largest absolute Gasteiger partial charge is 0.390 e. The Labute approximate surface area is 204 Å². The van der Waals surface area contributed by atoms with Crippen LogP contribution in [-0.4, -0.2) is 31.4 Å². The minimum Gasteiger partial charge on any atom is -0.390 e. The second-order valence-corrected chi connectivity index (χ2v) is 14.0. The molecule has 4 nitrogen and oxygen atoms in total. The second kappa shape index (κ2) is 6.50. The maximum absolute atomic E-state index is 11.2. The lowest BCUT2D eigenvalue weighted by Crippen LogP contribution is -2.55. The molecular weight excluding hydrogens is 420 g/mol. The van der Waals surface area contributed by atoms with E-state index in [-0.39, 0.29) is 22.7 Å². The highest BCUT2D eigenvalue weighted by atomic mass is 16.3. The van der Waals surface area contributed by atoms with Gasteiger partial charge in [-0.3, -0.25) is 9.97 Å². The van der Waals surface area contributed by atoms with Crippen molar-refractivity contribution in [2.45, 2.75) is 103 Å². The predicted octanol–water partition coefficient (Wildman–Crippen LogP) is 6.14. The van der Waals surface area contributed by atoms with Crippen molar-refractivity contribution in [2.75, 3.05) is 0 Å². The molecule has 2 heterocycles. The number of hydrogen-bond donors (Lipinski definition) is 2. The van der Waals surface area contributed by atoms with Gasteiger partial charge in [-0.1, -0.05) is 39.8 Å². The fraction of sp³-hybridized carbons (Fsp3) is 0.667. The highest BCUT2D eigenvalue weighted by Gasteiger charge is 2.61. The maximum Gasteiger partial charge on any atom is 0.0889 e. The van der Waals surface area contributed by atoms with E-state index >= 15 is 0 Å². The van der Waals surface area contributed by atoms with E-state index in [4.69, 9.17) is 9.97 Å². The molecule has 4 heteroatoms. The standard InChI is InChI=1S/C30H40N2O2/c1-27(2)17-13-19(27)23(29(5,6)33)25-15(17)9-11-21(31-25)22-12-10-16-18-14-20(28(18,3)4)24(26(16)32-22)30(7,8)34/h9-12,17-20,23-24,33-34H,13-14H2,1-8H3/t17-,18-,19+,20+,23-,24-/m0/s1. The summed E-state index contributed by atoms with van der Waals surface area (Å²) in [7, 11) is 0. The van der Waals surface area contributed by atoms with Gasteiger partial charge in [0.05, 0.1) is 34.0 Å². The van der Waals surface area contributed by atoms with Crippen molar-refractivity contribution < 1.29 is 10.2 Å². The Bertz CT molecular complexity index is 1090. The molecule has 6 aliphatic carbocycles. The van der Waals surface area contributed by atoms with Gasteiger partial charge in [0.25, 0.3) is 0 Å². The zero-order chi connectivity index (χ0) is 24.6. The molecule has 182 valence electrons. The van der Waals surface area contributed by atoms with Crippen molar-refractivity contribution >= 4 is 0 Å². The Morgan fingerprint density at radius 2 is 1.03 bits per heavy atom. The van der Waals surface area contributed by atoms with Crippen LogP contribution >= 0.6 is 0 Å². The van der Waals surface area contributed by atoms with E-state index in [9.17, 15) is 10.2 Å². The molecule has 0 radical (unpaired) electrons. The molecule has 2 aromatic heterocycles. The highest BCUT2D eigenvalue weighted by Crippen LogP contribution is 2.69. The van der Waals surface area contributed by atoms with E-state index in [2.05, 4.69) is 52.0 Å². The van der Waals surface area contributed by atoms with Gasteiger partial charge >= 0.3 is 0 Å². The monoisotopic (exact) mass is 460 g/mol. The first-order valence-corrected chi connectivity index (χ1v) is 13.1. The van der Waals surface area contributed by atoms with Gasteiger partial charge in [0.1, 0.15) is 0 Å². The molecular formula is C30H40N2O2. The average Bonchev–Trinajstić information content (AvgIpc) is 2.74. The lowest BCUT2D eigenvalue weighted by atomic mass is 9.43. The van der Waals surface area contributed by atoms with Crippen LogP contribution in [0.4, 0.5) is 0 Å². The minimum absolute atomic E-state index is 0.0256. The summed E-state index contributed by atoms with van der Waals surface area (Å²) in [6.07, 6.45) is 2.28. The first-order valence-electron chi connectivity index (χ1n) is 13.1. The number of pyridine rings is 2. The fourth-order valence-electron chi connectivity index (χ4n) is 8.48. The average molecular weight is 461 g/mol. The molecule has 0 unspecified atom stereocenters. The van der Waals surface area contributed by atoms with E-state index < -0.39 is 11.2 Å². The van der Waals surface area contributed by atoms with Crippen molar-refractivity contribution in [1.82, 2.24) is 9.97 Å². The molecule has 0 amide bonds. The quantitative estimate of drug-likeness (QED) is 0.577. The number of nitrogens with zero attached hydrogens (tertiary/aromatic N) is 2. The van der Waals surface area contributed by atoms with Crippen LogP contribution in [0.2, 0.25) is 0 Å². The first-order chi connectivity index (χ1) is 15.6. The van der Waals surface area contributed by atoms with Gasteiger partial charge in [-0.05, 0) is 98.3 Å². The smallest absolute Gasteiger partial charge is 0.0889 e. The summed E-state index contributed by atoms with van der Waals surface area (Å²) in [5.41, 5.74) is 5.23. The maximum atomic E-state index is 11.2. The number of aliphatic hydroxyl groups is 2. The highest BCUT2D eigenvalue weighted by molar-refractivity contribution is 5.59. The third kappa shape index (κ3) is 2.79. The SMILES string of the molecule is CC(C)(O)[C@@H]1c2nc(-c3ccc4c(n3)[C@@H](C(C)(C)O)[C@H]3C[C@@H]4C3(C)C)ccc2[C@@H]2C[C@H]1C2(C)C. The van der Waals surface area contributed by atoms with Crippen LogP contribution in [0.15, 0.2) is 24.3 Å². The third-order valence-electron chi connectivity index (χ3n) is 10.5. The second-order valence-electron chi connectivity index (χ2n) is 14.0. The van der Waals surface area contributed by atoms with Gasteiger partial charge in [-0.15, -0.1) is 0 Å². The lowest BCUT2D eigenvalue weighted by Gasteiger charge is -2.62. The van der Waals surface area contributed by atoms with Crippen LogP contribution in [0, 0.1) is 22.7 Å². The summed E-state index contributed by atoms with van der Waals surface area (Å²) in [5, 5.41) is 22.3. The number of hydrogen-bond acceptors (Lipinski definition) is 4. The van der Waals surface area contributed by atoms with E-state index in [1.807, 2.05) is 27.7 Å². The fourth-order valence-corrected chi connectivity index (χ4v) is 8.48. The lowest BCUT2D eigenvalue weighted by molar-refractivity contribution is -0.0793. The zero-order valence-corrected chi connectivity index (χ0v) is 22.0. The van der Waals surface area contributed by atoms with Crippen LogP contribution < -0.4 is 0 Å². The molecule has 2 fully saturated rings. The van der Waals surface area contributed by atoms with Gasteiger partial charge in [0.2, 0.25) is 0 Å². The van der Waals surface area contributed by atoms with Crippen LogP contribution in [0.1, 0.15) is 114 Å². The molecule has 0 aliphatic heterocycles. The molecule has 2 aromatic rings. The summed E-state index contributed by atoms with van der Waals surface area (Å²) in [5.74, 6) is 1.96. The van der Waals surface area contributed by atoms with Crippen LogP contribution in [-0.2, 0) is 0 Å².